The van der Waals surface area contributed by atoms with E-state index >= 15 is 0 Å². The second kappa shape index (κ2) is 15.2. The molecule has 0 aliphatic rings. The van der Waals surface area contributed by atoms with E-state index < -0.39 is 24.4 Å². The van der Waals surface area contributed by atoms with E-state index in [1.54, 1.807) is 30.3 Å². The molecular formula is C36H35ClN2O6. The average Bonchev–Trinajstić information content (AvgIpc) is 3.05. The Hall–Kier alpha value is -4.95. The van der Waals surface area contributed by atoms with Crippen LogP contribution in [0.25, 0.3) is 21.5 Å². The summed E-state index contributed by atoms with van der Waals surface area (Å²) in [6.45, 7) is 4.14. The van der Waals surface area contributed by atoms with Gasteiger partial charge in [-0.2, -0.15) is 0 Å². The Kier molecular flexibility index (Phi) is 10.6. The van der Waals surface area contributed by atoms with Crippen molar-refractivity contribution in [2.75, 3.05) is 23.8 Å². The van der Waals surface area contributed by atoms with Crippen LogP contribution in [0.5, 0.6) is 11.5 Å². The van der Waals surface area contributed by atoms with E-state index in [9.17, 15) is 9.59 Å². The van der Waals surface area contributed by atoms with Crippen molar-refractivity contribution in [3.63, 3.8) is 0 Å². The molecule has 0 bridgehead atoms. The van der Waals surface area contributed by atoms with E-state index in [1.165, 1.54) is 0 Å². The summed E-state index contributed by atoms with van der Waals surface area (Å²) in [5.41, 5.74) is 1.29. The van der Waals surface area contributed by atoms with Gasteiger partial charge in [0.2, 0.25) is 0 Å². The molecule has 8 nitrogen and oxygen atoms in total. The third-order valence-corrected chi connectivity index (χ3v) is 7.45. The number of anilines is 2. The summed E-state index contributed by atoms with van der Waals surface area (Å²) < 4.78 is 24.2. The summed E-state index contributed by atoms with van der Waals surface area (Å²) in [4.78, 5) is 25.1. The predicted molar refractivity (Wildman–Crippen MR) is 179 cm³/mol. The lowest BCUT2D eigenvalue weighted by molar-refractivity contribution is 0.0724. The molecule has 2 unspecified atom stereocenters. The first kappa shape index (κ1) is 31.5. The molecule has 0 aliphatic heterocycles. The molecule has 0 saturated heterocycles. The number of para-hydroxylation sites is 2. The molecule has 9 heteroatoms. The maximum atomic E-state index is 12.6. The van der Waals surface area contributed by atoms with Crippen LogP contribution in [0.2, 0.25) is 5.02 Å². The lowest BCUT2D eigenvalue weighted by Gasteiger charge is -2.22. The van der Waals surface area contributed by atoms with Gasteiger partial charge in [0.05, 0.1) is 0 Å². The molecule has 5 aromatic rings. The van der Waals surface area contributed by atoms with Gasteiger partial charge in [0.25, 0.3) is 0 Å². The highest BCUT2D eigenvalue weighted by atomic mass is 35.5. The van der Waals surface area contributed by atoms with Crippen molar-refractivity contribution in [1.29, 1.82) is 0 Å². The number of rotatable bonds is 12. The van der Waals surface area contributed by atoms with Gasteiger partial charge >= 0.3 is 12.2 Å². The minimum Gasteiger partial charge on any atom is -0.488 e. The van der Waals surface area contributed by atoms with Crippen molar-refractivity contribution in [2.24, 2.45) is 0 Å². The van der Waals surface area contributed by atoms with Gasteiger partial charge in [0.1, 0.15) is 36.9 Å². The smallest absolute Gasteiger partial charge is 0.412 e. The fraction of sp³-hybridized carbons (Fsp3) is 0.222. The summed E-state index contributed by atoms with van der Waals surface area (Å²) in [5, 5.41) is 9.18. The molecule has 2 amide bonds. The zero-order valence-corrected chi connectivity index (χ0v) is 25.9. The average molecular weight is 627 g/mol. The van der Waals surface area contributed by atoms with Gasteiger partial charge in [-0.1, -0.05) is 86.1 Å². The first-order valence-electron chi connectivity index (χ1n) is 14.9. The molecule has 0 heterocycles. The van der Waals surface area contributed by atoms with Gasteiger partial charge in [-0.15, -0.1) is 0 Å². The topological polar surface area (TPSA) is 95.1 Å². The number of fused-ring (bicyclic) bond motifs is 2. The molecular weight excluding hydrogens is 592 g/mol. The van der Waals surface area contributed by atoms with Crippen LogP contribution >= 0.6 is 11.6 Å². The van der Waals surface area contributed by atoms with E-state index in [0.29, 0.717) is 40.7 Å². The summed E-state index contributed by atoms with van der Waals surface area (Å²) in [6, 6.07) is 31.5. The minimum absolute atomic E-state index is 0.132. The Morgan fingerprint density at radius 1 is 0.600 bits per heavy atom. The number of hydrogen-bond donors (Lipinski definition) is 2. The Morgan fingerprint density at radius 3 is 1.49 bits per heavy atom. The SMILES string of the molecule is CCC(COc1c2ccccc2c(OCC(CC)OC(=O)Nc2ccccc2)c2cc(Cl)ccc12)OC(=O)Nc1ccccc1. The first-order chi connectivity index (χ1) is 21.9. The maximum Gasteiger partial charge on any atom is 0.412 e. The number of nitrogens with one attached hydrogen (secondary N) is 2. The van der Waals surface area contributed by atoms with Gasteiger partial charge in [-0.3, -0.25) is 10.6 Å². The molecule has 5 rings (SSSR count). The van der Waals surface area contributed by atoms with Crippen molar-refractivity contribution < 1.29 is 28.5 Å². The van der Waals surface area contributed by atoms with Crippen LogP contribution < -0.4 is 20.1 Å². The van der Waals surface area contributed by atoms with Gasteiger partial charge in [0.15, 0.2) is 0 Å². The Morgan fingerprint density at radius 2 is 1.02 bits per heavy atom. The monoisotopic (exact) mass is 626 g/mol. The highest BCUT2D eigenvalue weighted by molar-refractivity contribution is 6.31. The second-order valence-corrected chi connectivity index (χ2v) is 10.8. The highest BCUT2D eigenvalue weighted by Gasteiger charge is 2.21. The number of carbonyl (C=O) groups is 2. The van der Waals surface area contributed by atoms with E-state index in [1.807, 2.05) is 86.6 Å². The molecule has 0 radical (unpaired) electrons. The third-order valence-electron chi connectivity index (χ3n) is 7.21. The van der Waals surface area contributed by atoms with Crippen LogP contribution in [-0.4, -0.2) is 37.6 Å². The largest absolute Gasteiger partial charge is 0.488 e. The van der Waals surface area contributed by atoms with Crippen molar-refractivity contribution in [1.82, 2.24) is 0 Å². The molecule has 45 heavy (non-hydrogen) atoms. The predicted octanol–water partition coefficient (Wildman–Crippen LogP) is 9.46. The van der Waals surface area contributed by atoms with E-state index in [4.69, 9.17) is 30.5 Å². The van der Waals surface area contributed by atoms with Gasteiger partial charge in [-0.25, -0.2) is 9.59 Å². The quantitative estimate of drug-likeness (QED) is 0.134. The van der Waals surface area contributed by atoms with Gasteiger partial charge < -0.3 is 18.9 Å². The summed E-state index contributed by atoms with van der Waals surface area (Å²) >= 11 is 6.47. The molecule has 232 valence electrons. The number of carbonyl (C=O) groups excluding carboxylic acids is 2. The Balaban J connectivity index is 1.36. The lowest BCUT2D eigenvalue weighted by Crippen LogP contribution is -2.27. The fourth-order valence-electron chi connectivity index (χ4n) is 4.85. The molecule has 0 spiro atoms. The zero-order chi connectivity index (χ0) is 31.6. The second-order valence-electron chi connectivity index (χ2n) is 10.4. The maximum absolute atomic E-state index is 12.6. The molecule has 2 N–H and O–H groups in total. The van der Waals surface area contributed by atoms with Crippen LogP contribution in [0.15, 0.2) is 103 Å². The highest BCUT2D eigenvalue weighted by Crippen LogP contribution is 2.44. The number of hydrogen-bond acceptors (Lipinski definition) is 6. The van der Waals surface area contributed by atoms with Crippen molar-refractivity contribution in [3.05, 3.63) is 108 Å². The van der Waals surface area contributed by atoms with E-state index in [-0.39, 0.29) is 13.2 Å². The number of halogens is 1. The van der Waals surface area contributed by atoms with Crippen LogP contribution in [0, 0.1) is 0 Å². The normalized spacial score (nSPS) is 12.2. The van der Waals surface area contributed by atoms with Crippen LogP contribution in [-0.2, 0) is 9.47 Å². The van der Waals surface area contributed by atoms with Crippen LogP contribution in [0.4, 0.5) is 21.0 Å². The Labute approximate surface area is 267 Å². The molecule has 5 aromatic carbocycles. The third kappa shape index (κ3) is 8.16. The Bertz CT molecular complexity index is 1750. The minimum atomic E-state index is -0.552. The fourth-order valence-corrected chi connectivity index (χ4v) is 5.02. The molecule has 0 fully saturated rings. The van der Waals surface area contributed by atoms with E-state index in [2.05, 4.69) is 10.6 Å². The molecule has 0 aromatic heterocycles. The molecule has 2 atom stereocenters. The van der Waals surface area contributed by atoms with Crippen molar-refractivity contribution in [2.45, 2.75) is 38.9 Å². The summed E-state index contributed by atoms with van der Waals surface area (Å²) in [7, 11) is 0. The first-order valence-corrected chi connectivity index (χ1v) is 15.3. The lowest BCUT2D eigenvalue weighted by atomic mass is 10.0. The zero-order valence-electron chi connectivity index (χ0n) is 25.1. The number of ether oxygens (including phenoxy) is 4. The number of benzene rings is 5. The molecule has 0 aliphatic carbocycles. The summed E-state index contributed by atoms with van der Waals surface area (Å²) in [5.74, 6) is 1.23. The standard InChI is InChI=1S/C36H35ClN2O6/c1-3-27(44-35(40)38-25-13-7-5-8-14-25)22-42-33-29-17-11-12-18-30(29)34(32-21-24(37)19-20-31(32)33)43-23-28(4-2)45-36(41)39-26-15-9-6-10-16-26/h5-21,27-28H,3-4,22-23H2,1-2H3,(H,38,40)(H,39,41). The number of amides is 2. The van der Waals surface area contributed by atoms with Gasteiger partial charge in [-0.05, 0) is 55.3 Å². The van der Waals surface area contributed by atoms with Gasteiger partial charge in [0, 0.05) is 37.9 Å². The van der Waals surface area contributed by atoms with Crippen molar-refractivity contribution >= 4 is 56.7 Å². The van der Waals surface area contributed by atoms with Crippen molar-refractivity contribution in [3.8, 4) is 11.5 Å². The van der Waals surface area contributed by atoms with E-state index in [0.717, 1.165) is 21.5 Å². The van der Waals surface area contributed by atoms with Crippen LogP contribution in [0.3, 0.4) is 0 Å². The molecule has 0 saturated carbocycles. The summed E-state index contributed by atoms with van der Waals surface area (Å²) in [6.07, 6.45) is -0.981. The van der Waals surface area contributed by atoms with Crippen LogP contribution in [0.1, 0.15) is 26.7 Å².